The van der Waals surface area contributed by atoms with E-state index < -0.39 is 17.8 Å². The van der Waals surface area contributed by atoms with Crippen LogP contribution in [0, 0.1) is 18.8 Å². The lowest BCUT2D eigenvalue weighted by atomic mass is 9.95. The van der Waals surface area contributed by atoms with E-state index in [0.717, 1.165) is 16.5 Å². The third-order valence-corrected chi connectivity index (χ3v) is 4.67. The number of aliphatic carboxylic acids is 1. The fraction of sp³-hybridized carbons (Fsp3) is 0.429. The van der Waals surface area contributed by atoms with Crippen LogP contribution < -0.4 is 5.32 Å². The van der Waals surface area contributed by atoms with E-state index in [-0.39, 0.29) is 5.91 Å². The SMILES string of the molecule is Cc1cccc(NC(=O)C2CCCC2C(=O)O)c1Br. The van der Waals surface area contributed by atoms with E-state index >= 15 is 0 Å². The van der Waals surface area contributed by atoms with Gasteiger partial charge in [0, 0.05) is 4.47 Å². The molecule has 0 saturated heterocycles. The lowest BCUT2D eigenvalue weighted by Crippen LogP contribution is -2.30. The number of aryl methyl sites for hydroxylation is 1. The molecule has 2 rings (SSSR count). The van der Waals surface area contributed by atoms with E-state index in [2.05, 4.69) is 21.2 Å². The highest BCUT2D eigenvalue weighted by atomic mass is 79.9. The molecule has 0 aromatic heterocycles. The number of carbonyl (C=O) groups is 2. The van der Waals surface area contributed by atoms with E-state index in [0.29, 0.717) is 18.5 Å². The zero-order valence-electron chi connectivity index (χ0n) is 10.6. The van der Waals surface area contributed by atoms with Gasteiger partial charge in [-0.3, -0.25) is 9.59 Å². The maximum absolute atomic E-state index is 12.2. The first kappa shape index (κ1) is 14.1. The Labute approximate surface area is 120 Å². The molecule has 1 fully saturated rings. The second-order valence-corrected chi connectivity index (χ2v) is 5.70. The molecule has 1 aromatic rings. The first-order valence-corrected chi connectivity index (χ1v) is 7.09. The normalized spacial score (nSPS) is 22.2. The van der Waals surface area contributed by atoms with E-state index in [1.54, 1.807) is 6.07 Å². The molecule has 4 nitrogen and oxygen atoms in total. The number of carbonyl (C=O) groups excluding carboxylic acids is 1. The highest BCUT2D eigenvalue weighted by Gasteiger charge is 2.37. The van der Waals surface area contributed by atoms with Crippen LogP contribution in [0.2, 0.25) is 0 Å². The Morgan fingerprint density at radius 1 is 1.32 bits per heavy atom. The van der Waals surface area contributed by atoms with Crippen molar-refractivity contribution in [2.24, 2.45) is 11.8 Å². The van der Waals surface area contributed by atoms with Gasteiger partial charge in [0.05, 0.1) is 17.5 Å². The molecule has 1 saturated carbocycles. The Balaban J connectivity index is 2.13. The Morgan fingerprint density at radius 3 is 2.68 bits per heavy atom. The number of carboxylic acids is 1. The highest BCUT2D eigenvalue weighted by molar-refractivity contribution is 9.10. The van der Waals surface area contributed by atoms with Gasteiger partial charge in [-0.05, 0) is 47.3 Å². The molecular formula is C14H16BrNO3. The lowest BCUT2D eigenvalue weighted by molar-refractivity contribution is -0.145. The number of nitrogens with one attached hydrogen (secondary N) is 1. The number of amides is 1. The molecule has 2 N–H and O–H groups in total. The Kier molecular flexibility index (Phi) is 4.24. The zero-order chi connectivity index (χ0) is 14.0. The Morgan fingerprint density at radius 2 is 2.00 bits per heavy atom. The zero-order valence-corrected chi connectivity index (χ0v) is 12.2. The summed E-state index contributed by atoms with van der Waals surface area (Å²) in [7, 11) is 0. The molecule has 2 unspecified atom stereocenters. The highest BCUT2D eigenvalue weighted by Crippen LogP contribution is 2.34. The van der Waals surface area contributed by atoms with Gasteiger partial charge in [0.25, 0.3) is 0 Å². The number of carboxylic acid groups (broad SMARTS) is 1. The van der Waals surface area contributed by atoms with Gasteiger partial charge >= 0.3 is 5.97 Å². The van der Waals surface area contributed by atoms with Crippen molar-refractivity contribution in [2.45, 2.75) is 26.2 Å². The summed E-state index contributed by atoms with van der Waals surface area (Å²) in [5.41, 5.74) is 1.72. The molecule has 0 radical (unpaired) electrons. The Bertz CT molecular complexity index is 515. The predicted octanol–water partition coefficient (Wildman–Crippen LogP) is 3.20. The van der Waals surface area contributed by atoms with Crippen molar-refractivity contribution in [1.82, 2.24) is 0 Å². The monoisotopic (exact) mass is 325 g/mol. The molecule has 5 heteroatoms. The summed E-state index contributed by atoms with van der Waals surface area (Å²) in [6, 6.07) is 5.61. The first-order valence-electron chi connectivity index (χ1n) is 6.29. The van der Waals surface area contributed by atoms with Crippen LogP contribution in [0.15, 0.2) is 22.7 Å². The van der Waals surface area contributed by atoms with Crippen molar-refractivity contribution in [1.29, 1.82) is 0 Å². The second kappa shape index (κ2) is 5.74. The third-order valence-electron chi connectivity index (χ3n) is 3.62. The van der Waals surface area contributed by atoms with Gasteiger partial charge in [0.15, 0.2) is 0 Å². The average molecular weight is 326 g/mol. The number of hydrogen-bond acceptors (Lipinski definition) is 2. The summed E-state index contributed by atoms with van der Waals surface area (Å²) >= 11 is 3.43. The van der Waals surface area contributed by atoms with Crippen LogP contribution in [0.4, 0.5) is 5.69 Å². The van der Waals surface area contributed by atoms with Gasteiger partial charge in [-0.2, -0.15) is 0 Å². The smallest absolute Gasteiger partial charge is 0.307 e. The Hall–Kier alpha value is -1.36. The minimum atomic E-state index is -0.874. The van der Waals surface area contributed by atoms with Crippen LogP contribution in [0.5, 0.6) is 0 Å². The number of hydrogen-bond donors (Lipinski definition) is 2. The molecule has 1 aliphatic carbocycles. The standard InChI is InChI=1S/C14H16BrNO3/c1-8-4-2-7-11(12(8)15)16-13(17)9-5-3-6-10(9)14(18)19/h2,4,7,9-10H,3,5-6H2,1H3,(H,16,17)(H,18,19). The summed E-state index contributed by atoms with van der Waals surface area (Å²) in [4.78, 5) is 23.3. The lowest BCUT2D eigenvalue weighted by Gasteiger charge is -2.16. The summed E-state index contributed by atoms with van der Waals surface area (Å²) in [5.74, 6) is -2.05. The molecule has 0 heterocycles. The maximum Gasteiger partial charge on any atom is 0.307 e. The summed E-state index contributed by atoms with van der Waals surface area (Å²) < 4.78 is 0.841. The molecule has 0 spiro atoms. The predicted molar refractivity (Wildman–Crippen MR) is 76.0 cm³/mol. The number of rotatable bonds is 3. The van der Waals surface area contributed by atoms with E-state index in [1.165, 1.54) is 0 Å². The van der Waals surface area contributed by atoms with E-state index in [9.17, 15) is 9.59 Å². The van der Waals surface area contributed by atoms with Crippen molar-refractivity contribution < 1.29 is 14.7 Å². The van der Waals surface area contributed by atoms with Crippen molar-refractivity contribution in [3.63, 3.8) is 0 Å². The first-order chi connectivity index (χ1) is 9.00. The van der Waals surface area contributed by atoms with Crippen LogP contribution in [-0.2, 0) is 9.59 Å². The van der Waals surface area contributed by atoms with Crippen molar-refractivity contribution in [3.8, 4) is 0 Å². The van der Waals surface area contributed by atoms with Crippen LogP contribution in [0.25, 0.3) is 0 Å². The molecule has 19 heavy (non-hydrogen) atoms. The van der Waals surface area contributed by atoms with Gasteiger partial charge in [0.2, 0.25) is 5.91 Å². The minimum Gasteiger partial charge on any atom is -0.481 e. The minimum absolute atomic E-state index is 0.198. The van der Waals surface area contributed by atoms with Crippen LogP contribution >= 0.6 is 15.9 Å². The van der Waals surface area contributed by atoms with E-state index in [1.807, 2.05) is 19.1 Å². The number of anilines is 1. The topological polar surface area (TPSA) is 66.4 Å². The van der Waals surface area contributed by atoms with Crippen molar-refractivity contribution in [3.05, 3.63) is 28.2 Å². The molecule has 1 aliphatic rings. The molecule has 0 bridgehead atoms. The summed E-state index contributed by atoms with van der Waals surface area (Å²) in [6.07, 6.45) is 2.03. The van der Waals surface area contributed by atoms with Gasteiger partial charge < -0.3 is 10.4 Å². The second-order valence-electron chi connectivity index (χ2n) is 4.91. The molecule has 2 atom stereocenters. The van der Waals surface area contributed by atoms with Gasteiger partial charge in [-0.25, -0.2) is 0 Å². The summed E-state index contributed by atoms with van der Waals surface area (Å²) in [6.45, 7) is 1.94. The molecular weight excluding hydrogens is 310 g/mol. The number of benzene rings is 1. The number of halogens is 1. The fourth-order valence-corrected chi connectivity index (χ4v) is 2.90. The molecule has 0 aliphatic heterocycles. The van der Waals surface area contributed by atoms with Crippen LogP contribution in [0.1, 0.15) is 24.8 Å². The van der Waals surface area contributed by atoms with Gasteiger partial charge in [-0.15, -0.1) is 0 Å². The van der Waals surface area contributed by atoms with Gasteiger partial charge in [0.1, 0.15) is 0 Å². The maximum atomic E-state index is 12.2. The molecule has 1 aromatic carbocycles. The summed E-state index contributed by atoms with van der Waals surface area (Å²) in [5, 5.41) is 11.9. The van der Waals surface area contributed by atoms with Gasteiger partial charge in [-0.1, -0.05) is 18.6 Å². The van der Waals surface area contributed by atoms with Crippen LogP contribution in [-0.4, -0.2) is 17.0 Å². The van der Waals surface area contributed by atoms with Crippen LogP contribution in [0.3, 0.4) is 0 Å². The van der Waals surface area contributed by atoms with Crippen molar-refractivity contribution >= 4 is 33.5 Å². The average Bonchev–Trinajstić information content (AvgIpc) is 2.84. The third kappa shape index (κ3) is 2.97. The molecule has 1 amide bonds. The van der Waals surface area contributed by atoms with Crippen molar-refractivity contribution in [2.75, 3.05) is 5.32 Å². The fourth-order valence-electron chi connectivity index (χ4n) is 2.54. The van der Waals surface area contributed by atoms with E-state index in [4.69, 9.17) is 5.11 Å². The largest absolute Gasteiger partial charge is 0.481 e. The quantitative estimate of drug-likeness (QED) is 0.896. The molecule has 102 valence electrons.